The molecular weight excluding hydrogens is 408 g/mol. The van der Waals surface area contributed by atoms with E-state index >= 15 is 0 Å². The molecule has 0 bridgehead atoms. The number of benzene rings is 2. The van der Waals surface area contributed by atoms with Crippen LogP contribution in [-0.4, -0.2) is 27.2 Å². The van der Waals surface area contributed by atoms with Gasteiger partial charge in [0.25, 0.3) is 5.56 Å². The van der Waals surface area contributed by atoms with E-state index in [4.69, 9.17) is 0 Å². The highest BCUT2D eigenvalue weighted by Gasteiger charge is 2.18. The maximum atomic E-state index is 12.6. The van der Waals surface area contributed by atoms with Crippen LogP contribution in [0.2, 0.25) is 0 Å². The average Bonchev–Trinajstić information content (AvgIpc) is 3.29. The second kappa shape index (κ2) is 9.49. The summed E-state index contributed by atoms with van der Waals surface area (Å²) in [5.41, 5.74) is 3.24. The highest BCUT2D eigenvalue weighted by Crippen LogP contribution is 2.23. The molecule has 2 aromatic heterocycles. The molecule has 4 aromatic rings. The van der Waals surface area contributed by atoms with Crippen LogP contribution in [0.4, 0.5) is 0 Å². The van der Waals surface area contributed by atoms with E-state index in [2.05, 4.69) is 15.4 Å². The minimum absolute atomic E-state index is 0.252. The van der Waals surface area contributed by atoms with Gasteiger partial charge in [-0.3, -0.25) is 9.59 Å². The van der Waals surface area contributed by atoms with Crippen molar-refractivity contribution in [2.45, 2.75) is 19.4 Å². The quantitative estimate of drug-likeness (QED) is 0.482. The number of thiazole rings is 1. The van der Waals surface area contributed by atoms with Crippen molar-refractivity contribution in [2.24, 2.45) is 0 Å². The van der Waals surface area contributed by atoms with Gasteiger partial charge in [0, 0.05) is 35.5 Å². The second-order valence-electron chi connectivity index (χ2n) is 7.09. The summed E-state index contributed by atoms with van der Waals surface area (Å²) >= 11 is 1.59. The third-order valence-corrected chi connectivity index (χ3v) is 5.83. The van der Waals surface area contributed by atoms with E-state index in [0.717, 1.165) is 21.8 Å². The molecule has 31 heavy (non-hydrogen) atoms. The van der Waals surface area contributed by atoms with Gasteiger partial charge in [0.15, 0.2) is 0 Å². The molecule has 1 atom stereocenters. The fourth-order valence-electron chi connectivity index (χ4n) is 3.17. The highest BCUT2D eigenvalue weighted by atomic mass is 32.1. The summed E-state index contributed by atoms with van der Waals surface area (Å²) in [6.45, 7) is 2.11. The van der Waals surface area contributed by atoms with Crippen molar-refractivity contribution in [1.29, 1.82) is 0 Å². The van der Waals surface area contributed by atoms with Crippen molar-refractivity contribution in [1.82, 2.24) is 20.1 Å². The fraction of sp³-hybridized carbons (Fsp3) is 0.167. The van der Waals surface area contributed by atoms with Crippen molar-refractivity contribution in [2.75, 3.05) is 6.54 Å². The second-order valence-corrected chi connectivity index (χ2v) is 7.95. The Hall–Kier alpha value is -3.58. The highest BCUT2D eigenvalue weighted by molar-refractivity contribution is 7.13. The van der Waals surface area contributed by atoms with Crippen LogP contribution in [0.15, 0.2) is 83.0 Å². The standard InChI is InChI=1S/C24H22N4O2S/c1-17(28-22(29)13-12-21(27-28)18-8-4-2-5-9-18)23(30)25-15-14-20-16-31-24(26-20)19-10-6-3-7-11-19/h2-13,16-17H,14-15H2,1H3,(H,25,30). The molecule has 1 N–H and O–H groups in total. The van der Waals surface area contributed by atoms with Crippen molar-refractivity contribution in [3.8, 4) is 21.8 Å². The maximum Gasteiger partial charge on any atom is 0.267 e. The lowest BCUT2D eigenvalue weighted by Gasteiger charge is -2.14. The van der Waals surface area contributed by atoms with E-state index in [9.17, 15) is 9.59 Å². The molecule has 2 aromatic carbocycles. The Morgan fingerprint density at radius 1 is 1.00 bits per heavy atom. The number of nitrogens with one attached hydrogen (secondary N) is 1. The molecule has 6 nitrogen and oxygen atoms in total. The SMILES string of the molecule is CC(C(=O)NCCc1csc(-c2ccccc2)n1)n1nc(-c2ccccc2)ccc1=O. The summed E-state index contributed by atoms with van der Waals surface area (Å²) in [6.07, 6.45) is 0.619. The Morgan fingerprint density at radius 2 is 1.68 bits per heavy atom. The number of amides is 1. The van der Waals surface area contributed by atoms with Crippen LogP contribution in [-0.2, 0) is 11.2 Å². The van der Waals surface area contributed by atoms with Crippen molar-refractivity contribution >= 4 is 17.2 Å². The van der Waals surface area contributed by atoms with Gasteiger partial charge in [-0.15, -0.1) is 11.3 Å². The Bertz CT molecular complexity index is 1220. The fourth-order valence-corrected chi connectivity index (χ4v) is 4.03. The number of carbonyl (C=O) groups excluding carboxylic acids is 1. The molecule has 0 saturated heterocycles. The lowest BCUT2D eigenvalue weighted by atomic mass is 10.1. The average molecular weight is 431 g/mol. The molecule has 0 aliphatic carbocycles. The zero-order valence-electron chi connectivity index (χ0n) is 17.1. The van der Waals surface area contributed by atoms with Crippen LogP contribution in [0.3, 0.4) is 0 Å². The summed E-state index contributed by atoms with van der Waals surface area (Å²) in [7, 11) is 0. The molecule has 0 radical (unpaired) electrons. The first-order valence-electron chi connectivity index (χ1n) is 10.0. The largest absolute Gasteiger partial charge is 0.354 e. The van der Waals surface area contributed by atoms with E-state index in [1.165, 1.54) is 10.7 Å². The van der Waals surface area contributed by atoms with E-state index in [1.54, 1.807) is 24.3 Å². The topological polar surface area (TPSA) is 76.9 Å². The third-order valence-electron chi connectivity index (χ3n) is 4.89. The number of rotatable bonds is 7. The molecule has 2 heterocycles. The molecule has 0 spiro atoms. The molecule has 0 saturated carbocycles. The molecule has 4 rings (SSSR count). The maximum absolute atomic E-state index is 12.6. The monoisotopic (exact) mass is 430 g/mol. The molecule has 7 heteroatoms. The summed E-state index contributed by atoms with van der Waals surface area (Å²) in [5.74, 6) is -0.252. The van der Waals surface area contributed by atoms with Crippen LogP contribution < -0.4 is 10.9 Å². The third kappa shape index (κ3) is 4.95. The van der Waals surface area contributed by atoms with Gasteiger partial charge in [0.2, 0.25) is 5.91 Å². The molecule has 1 amide bonds. The van der Waals surface area contributed by atoms with Crippen molar-refractivity contribution < 1.29 is 4.79 Å². The Morgan fingerprint density at radius 3 is 2.39 bits per heavy atom. The summed E-state index contributed by atoms with van der Waals surface area (Å²) in [6, 6.07) is 22.0. The Kier molecular flexibility index (Phi) is 6.33. The summed E-state index contributed by atoms with van der Waals surface area (Å²) in [4.78, 5) is 29.6. The predicted octanol–water partition coefficient (Wildman–Crippen LogP) is 3.95. The number of hydrogen-bond donors (Lipinski definition) is 1. The zero-order chi connectivity index (χ0) is 21.6. The van der Waals surface area contributed by atoms with E-state index in [1.807, 2.05) is 66.0 Å². The van der Waals surface area contributed by atoms with Gasteiger partial charge in [-0.2, -0.15) is 5.10 Å². The van der Waals surface area contributed by atoms with Crippen LogP contribution in [0.1, 0.15) is 18.7 Å². The molecule has 0 aliphatic heterocycles. The Labute approximate surface area is 184 Å². The minimum Gasteiger partial charge on any atom is -0.354 e. The first kappa shape index (κ1) is 20.7. The van der Waals surface area contributed by atoms with Gasteiger partial charge in [0.1, 0.15) is 11.0 Å². The minimum atomic E-state index is -0.716. The van der Waals surface area contributed by atoms with Gasteiger partial charge in [0.05, 0.1) is 11.4 Å². The smallest absolute Gasteiger partial charge is 0.267 e. The first-order valence-corrected chi connectivity index (χ1v) is 10.9. The molecular formula is C24H22N4O2S. The van der Waals surface area contributed by atoms with Crippen LogP contribution in [0, 0.1) is 0 Å². The van der Waals surface area contributed by atoms with E-state index < -0.39 is 6.04 Å². The van der Waals surface area contributed by atoms with Crippen LogP contribution >= 0.6 is 11.3 Å². The van der Waals surface area contributed by atoms with E-state index in [0.29, 0.717) is 18.7 Å². The lowest BCUT2D eigenvalue weighted by molar-refractivity contribution is -0.124. The van der Waals surface area contributed by atoms with Gasteiger partial charge < -0.3 is 5.32 Å². The summed E-state index contributed by atoms with van der Waals surface area (Å²) in [5, 5.41) is 10.3. The molecule has 1 unspecified atom stereocenters. The predicted molar refractivity (Wildman–Crippen MR) is 123 cm³/mol. The normalized spacial score (nSPS) is 11.8. The number of carbonyl (C=O) groups is 1. The number of hydrogen-bond acceptors (Lipinski definition) is 5. The zero-order valence-corrected chi connectivity index (χ0v) is 17.9. The Balaban J connectivity index is 1.38. The molecule has 0 aliphatic rings. The number of aromatic nitrogens is 3. The summed E-state index contributed by atoms with van der Waals surface area (Å²) < 4.78 is 1.23. The van der Waals surface area contributed by atoms with Gasteiger partial charge >= 0.3 is 0 Å². The van der Waals surface area contributed by atoms with Crippen molar-refractivity contribution in [3.05, 3.63) is 94.2 Å². The van der Waals surface area contributed by atoms with Gasteiger partial charge in [-0.1, -0.05) is 60.7 Å². The first-order chi connectivity index (χ1) is 15.1. The van der Waals surface area contributed by atoms with Gasteiger partial charge in [-0.05, 0) is 13.0 Å². The van der Waals surface area contributed by atoms with Crippen LogP contribution in [0.5, 0.6) is 0 Å². The number of nitrogens with zero attached hydrogens (tertiary/aromatic N) is 3. The molecule has 0 fully saturated rings. The van der Waals surface area contributed by atoms with Gasteiger partial charge in [-0.25, -0.2) is 9.67 Å². The van der Waals surface area contributed by atoms with Crippen LogP contribution in [0.25, 0.3) is 21.8 Å². The van der Waals surface area contributed by atoms with Crippen molar-refractivity contribution in [3.63, 3.8) is 0 Å². The lowest BCUT2D eigenvalue weighted by Crippen LogP contribution is -2.37. The van der Waals surface area contributed by atoms with E-state index in [-0.39, 0.29) is 11.5 Å². The molecule has 156 valence electrons.